The predicted molar refractivity (Wildman–Crippen MR) is 74.4 cm³/mol. The van der Waals surface area contributed by atoms with Crippen LogP contribution in [0.2, 0.25) is 5.02 Å². The minimum absolute atomic E-state index is 0.434. The smallest absolute Gasteiger partial charge is 0.140 e. The van der Waals surface area contributed by atoms with Gasteiger partial charge in [0, 0.05) is 16.8 Å². The van der Waals surface area contributed by atoms with E-state index in [9.17, 15) is 0 Å². The number of thioether (sulfide) groups is 1. The summed E-state index contributed by atoms with van der Waals surface area (Å²) in [6, 6.07) is 11.3. The topological polar surface area (TPSA) is 62.7 Å². The fourth-order valence-electron chi connectivity index (χ4n) is 1.39. The monoisotopic (exact) mass is 275 g/mol. The van der Waals surface area contributed by atoms with Gasteiger partial charge in [-0.2, -0.15) is 5.26 Å². The van der Waals surface area contributed by atoms with Crippen LogP contribution in [-0.4, -0.2) is 4.98 Å². The molecule has 0 aliphatic rings. The van der Waals surface area contributed by atoms with Crippen LogP contribution >= 0.6 is 23.4 Å². The highest BCUT2D eigenvalue weighted by Gasteiger charge is 2.01. The molecule has 1 aromatic carbocycles. The van der Waals surface area contributed by atoms with E-state index in [-0.39, 0.29) is 0 Å². The van der Waals surface area contributed by atoms with E-state index in [0.29, 0.717) is 16.4 Å². The highest BCUT2D eigenvalue weighted by atomic mass is 35.5. The summed E-state index contributed by atoms with van der Waals surface area (Å²) in [5.41, 5.74) is 7.72. The summed E-state index contributed by atoms with van der Waals surface area (Å²) in [6.45, 7) is 0. The second-order valence-corrected chi connectivity index (χ2v) is 5.09. The molecule has 0 saturated heterocycles. The van der Waals surface area contributed by atoms with Crippen LogP contribution in [0.3, 0.4) is 0 Å². The number of nitrogens with zero attached hydrogens (tertiary/aromatic N) is 2. The van der Waals surface area contributed by atoms with Gasteiger partial charge in [-0.1, -0.05) is 11.6 Å². The Balaban J connectivity index is 2.07. The third-order valence-corrected chi connectivity index (χ3v) is 3.71. The Morgan fingerprint density at radius 1 is 1.33 bits per heavy atom. The van der Waals surface area contributed by atoms with Gasteiger partial charge in [0.2, 0.25) is 0 Å². The molecule has 1 heterocycles. The zero-order chi connectivity index (χ0) is 13.0. The number of nitrogens with two attached hydrogens (primary N) is 1. The number of nitriles is 1. The Hall–Kier alpha value is -1.70. The lowest BCUT2D eigenvalue weighted by Crippen LogP contribution is -1.88. The molecule has 3 nitrogen and oxygen atoms in total. The number of aromatic nitrogens is 1. The Morgan fingerprint density at radius 3 is 2.89 bits per heavy atom. The molecule has 0 amide bonds. The molecule has 2 rings (SSSR count). The van der Waals surface area contributed by atoms with Crippen LogP contribution in [0.4, 0.5) is 5.69 Å². The third-order valence-electron chi connectivity index (χ3n) is 2.32. The van der Waals surface area contributed by atoms with Crippen LogP contribution in [0, 0.1) is 11.3 Å². The fourth-order valence-corrected chi connectivity index (χ4v) is 2.51. The lowest BCUT2D eigenvalue weighted by molar-refractivity contribution is 1.22. The quantitative estimate of drug-likeness (QED) is 0.688. The van der Waals surface area contributed by atoms with Crippen molar-refractivity contribution < 1.29 is 0 Å². The summed E-state index contributed by atoms with van der Waals surface area (Å²) in [7, 11) is 0. The van der Waals surface area contributed by atoms with Gasteiger partial charge in [-0.25, -0.2) is 4.98 Å². The van der Waals surface area contributed by atoms with Crippen LogP contribution in [0.15, 0.2) is 41.4 Å². The van der Waals surface area contributed by atoms with Crippen molar-refractivity contribution in [3.63, 3.8) is 0 Å². The first-order valence-electron chi connectivity index (χ1n) is 5.22. The Bertz CT molecular complexity index is 607. The number of rotatable bonds is 3. The summed E-state index contributed by atoms with van der Waals surface area (Å²) in [6.07, 6.45) is 1.64. The van der Waals surface area contributed by atoms with E-state index in [2.05, 4.69) is 4.98 Å². The standard InChI is InChI=1S/C13H10ClN3S/c14-12-6-11(1-2-13(12)16)18-8-9-3-4-17-10(5-9)7-15/h1-6H,8,16H2. The lowest BCUT2D eigenvalue weighted by atomic mass is 10.2. The molecule has 2 aromatic rings. The van der Waals surface area contributed by atoms with Crippen molar-refractivity contribution in [3.8, 4) is 6.07 Å². The van der Waals surface area contributed by atoms with E-state index < -0.39 is 0 Å². The highest BCUT2D eigenvalue weighted by Crippen LogP contribution is 2.28. The van der Waals surface area contributed by atoms with E-state index in [1.54, 1.807) is 30.1 Å². The molecular formula is C13H10ClN3S. The second kappa shape index (κ2) is 5.76. The molecule has 0 atom stereocenters. The van der Waals surface area contributed by atoms with Gasteiger partial charge in [-0.3, -0.25) is 0 Å². The molecule has 0 bridgehead atoms. The van der Waals surface area contributed by atoms with Gasteiger partial charge >= 0.3 is 0 Å². The molecule has 0 aliphatic heterocycles. The first kappa shape index (κ1) is 12.7. The van der Waals surface area contributed by atoms with Crippen molar-refractivity contribution in [1.29, 1.82) is 5.26 Å². The van der Waals surface area contributed by atoms with Gasteiger partial charge in [-0.05, 0) is 35.9 Å². The zero-order valence-electron chi connectivity index (χ0n) is 9.43. The van der Waals surface area contributed by atoms with Crippen molar-refractivity contribution >= 4 is 29.1 Å². The molecule has 5 heteroatoms. The summed E-state index contributed by atoms with van der Waals surface area (Å²) in [5.74, 6) is 0.761. The Kier molecular flexibility index (Phi) is 4.08. The minimum atomic E-state index is 0.434. The number of benzene rings is 1. The van der Waals surface area contributed by atoms with Crippen LogP contribution in [-0.2, 0) is 5.75 Å². The number of hydrogen-bond donors (Lipinski definition) is 1. The van der Waals surface area contributed by atoms with Crippen LogP contribution in [0.5, 0.6) is 0 Å². The Labute approximate surface area is 115 Å². The molecule has 0 saturated carbocycles. The maximum Gasteiger partial charge on any atom is 0.140 e. The number of halogens is 1. The molecule has 18 heavy (non-hydrogen) atoms. The molecule has 0 aliphatic carbocycles. The normalized spacial score (nSPS) is 10.0. The number of anilines is 1. The van der Waals surface area contributed by atoms with Crippen molar-refractivity contribution in [2.24, 2.45) is 0 Å². The van der Waals surface area contributed by atoms with E-state index in [4.69, 9.17) is 22.6 Å². The van der Waals surface area contributed by atoms with Crippen molar-refractivity contribution in [2.75, 3.05) is 5.73 Å². The van der Waals surface area contributed by atoms with Crippen LogP contribution in [0.1, 0.15) is 11.3 Å². The molecule has 0 unspecified atom stereocenters. The maximum absolute atomic E-state index is 8.76. The third kappa shape index (κ3) is 3.16. The summed E-state index contributed by atoms with van der Waals surface area (Å²) in [5, 5.41) is 9.33. The largest absolute Gasteiger partial charge is 0.398 e. The average molecular weight is 276 g/mol. The zero-order valence-corrected chi connectivity index (χ0v) is 11.0. The van der Waals surface area contributed by atoms with Gasteiger partial charge in [0.1, 0.15) is 11.8 Å². The number of nitrogen functional groups attached to an aromatic ring is 1. The van der Waals surface area contributed by atoms with Crippen LogP contribution < -0.4 is 5.73 Å². The molecule has 2 N–H and O–H groups in total. The van der Waals surface area contributed by atoms with Gasteiger partial charge in [0.25, 0.3) is 0 Å². The van der Waals surface area contributed by atoms with Gasteiger partial charge in [0.05, 0.1) is 10.7 Å². The minimum Gasteiger partial charge on any atom is -0.398 e. The summed E-state index contributed by atoms with van der Waals surface area (Å²) in [4.78, 5) is 4.98. The van der Waals surface area contributed by atoms with Crippen molar-refractivity contribution in [3.05, 3.63) is 52.8 Å². The lowest BCUT2D eigenvalue weighted by Gasteiger charge is -2.04. The predicted octanol–water partition coefficient (Wildman–Crippen LogP) is 3.48. The van der Waals surface area contributed by atoms with Gasteiger partial charge in [0.15, 0.2) is 0 Å². The summed E-state index contributed by atoms with van der Waals surface area (Å²) < 4.78 is 0. The van der Waals surface area contributed by atoms with E-state index >= 15 is 0 Å². The maximum atomic E-state index is 8.76. The number of pyridine rings is 1. The second-order valence-electron chi connectivity index (χ2n) is 3.63. The molecule has 1 aromatic heterocycles. The van der Waals surface area contributed by atoms with Gasteiger partial charge in [-0.15, -0.1) is 11.8 Å². The fraction of sp³-hybridized carbons (Fsp3) is 0.0769. The molecule has 90 valence electrons. The molecule has 0 radical (unpaired) electrons. The van der Waals surface area contributed by atoms with E-state index in [0.717, 1.165) is 16.2 Å². The first-order valence-corrected chi connectivity index (χ1v) is 6.58. The first-order chi connectivity index (χ1) is 8.69. The SMILES string of the molecule is N#Cc1cc(CSc2ccc(N)c(Cl)c2)ccn1. The average Bonchev–Trinajstić information content (AvgIpc) is 2.40. The molecule has 0 spiro atoms. The number of hydrogen-bond acceptors (Lipinski definition) is 4. The van der Waals surface area contributed by atoms with Crippen molar-refractivity contribution in [1.82, 2.24) is 4.98 Å². The van der Waals surface area contributed by atoms with E-state index in [1.165, 1.54) is 0 Å². The van der Waals surface area contributed by atoms with Crippen molar-refractivity contribution in [2.45, 2.75) is 10.6 Å². The van der Waals surface area contributed by atoms with E-state index in [1.807, 2.05) is 24.3 Å². The Morgan fingerprint density at radius 2 is 2.17 bits per heavy atom. The summed E-state index contributed by atoms with van der Waals surface area (Å²) >= 11 is 7.59. The molecule has 0 fully saturated rings. The van der Waals surface area contributed by atoms with Crippen LogP contribution in [0.25, 0.3) is 0 Å². The van der Waals surface area contributed by atoms with Gasteiger partial charge < -0.3 is 5.73 Å². The molecular weight excluding hydrogens is 266 g/mol. The highest BCUT2D eigenvalue weighted by molar-refractivity contribution is 7.98.